The van der Waals surface area contributed by atoms with Crippen LogP contribution in [0.2, 0.25) is 0 Å². The van der Waals surface area contributed by atoms with Crippen molar-refractivity contribution < 1.29 is 28.5 Å². The SMILES string of the molecule is COC(=O)C1C(=O)OCC1Cc1ccc2c(c1)OCO2. The number of cyclic esters (lactones) is 1. The van der Waals surface area contributed by atoms with Gasteiger partial charge in [0.2, 0.25) is 6.79 Å². The highest BCUT2D eigenvalue weighted by molar-refractivity contribution is 5.96. The second-order valence-electron chi connectivity index (χ2n) is 4.78. The molecular weight excluding hydrogens is 264 g/mol. The molecule has 0 saturated carbocycles. The van der Waals surface area contributed by atoms with Gasteiger partial charge in [0.05, 0.1) is 13.7 Å². The average Bonchev–Trinajstić information content (AvgIpc) is 3.04. The summed E-state index contributed by atoms with van der Waals surface area (Å²) in [5.74, 6) is -0.721. The van der Waals surface area contributed by atoms with Crippen molar-refractivity contribution >= 4 is 11.9 Å². The lowest BCUT2D eigenvalue weighted by Gasteiger charge is -2.13. The van der Waals surface area contributed by atoms with Crippen LogP contribution in [0.3, 0.4) is 0 Å². The number of esters is 2. The van der Waals surface area contributed by atoms with Gasteiger partial charge in [0, 0.05) is 5.92 Å². The molecule has 0 spiro atoms. The molecule has 0 radical (unpaired) electrons. The molecule has 106 valence electrons. The molecule has 0 aliphatic carbocycles. The third-order valence-electron chi connectivity index (χ3n) is 3.55. The van der Waals surface area contributed by atoms with Crippen molar-refractivity contribution in [3.05, 3.63) is 23.8 Å². The summed E-state index contributed by atoms with van der Waals surface area (Å²) < 4.78 is 20.2. The maximum absolute atomic E-state index is 11.6. The first-order chi connectivity index (χ1) is 9.69. The van der Waals surface area contributed by atoms with E-state index in [4.69, 9.17) is 14.2 Å². The van der Waals surface area contributed by atoms with Gasteiger partial charge in [-0.3, -0.25) is 9.59 Å². The largest absolute Gasteiger partial charge is 0.468 e. The van der Waals surface area contributed by atoms with Gasteiger partial charge in [-0.05, 0) is 24.1 Å². The lowest BCUT2D eigenvalue weighted by Crippen LogP contribution is -2.28. The monoisotopic (exact) mass is 278 g/mol. The summed E-state index contributed by atoms with van der Waals surface area (Å²) in [6.45, 7) is 0.446. The van der Waals surface area contributed by atoms with Crippen molar-refractivity contribution in [2.75, 3.05) is 20.5 Å². The van der Waals surface area contributed by atoms with Crippen molar-refractivity contribution in [1.29, 1.82) is 0 Å². The van der Waals surface area contributed by atoms with E-state index < -0.39 is 17.9 Å². The number of methoxy groups -OCH3 is 1. The Kier molecular flexibility index (Phi) is 3.22. The fourth-order valence-corrected chi connectivity index (χ4v) is 2.53. The smallest absolute Gasteiger partial charge is 0.320 e. The van der Waals surface area contributed by atoms with Gasteiger partial charge in [-0.1, -0.05) is 6.07 Å². The molecule has 2 heterocycles. The lowest BCUT2D eigenvalue weighted by atomic mass is 9.89. The van der Waals surface area contributed by atoms with E-state index in [9.17, 15) is 9.59 Å². The Bertz CT molecular complexity index is 553. The first kappa shape index (κ1) is 12.8. The quantitative estimate of drug-likeness (QED) is 0.605. The minimum atomic E-state index is -0.842. The zero-order chi connectivity index (χ0) is 14.1. The van der Waals surface area contributed by atoms with E-state index >= 15 is 0 Å². The highest BCUT2D eigenvalue weighted by atomic mass is 16.7. The van der Waals surface area contributed by atoms with Crippen molar-refractivity contribution in [2.45, 2.75) is 6.42 Å². The maximum Gasteiger partial charge on any atom is 0.320 e. The first-order valence-electron chi connectivity index (χ1n) is 6.32. The summed E-state index contributed by atoms with van der Waals surface area (Å²) in [5, 5.41) is 0. The molecule has 6 nitrogen and oxygen atoms in total. The third kappa shape index (κ3) is 2.17. The standard InChI is InChI=1S/C14H14O6/c1-17-13(15)12-9(6-18-14(12)16)4-8-2-3-10-11(5-8)20-7-19-10/h2-3,5,9,12H,4,6-7H2,1H3. The minimum absolute atomic E-state index is 0.213. The minimum Gasteiger partial charge on any atom is -0.468 e. The van der Waals surface area contributed by atoms with E-state index in [1.54, 1.807) is 0 Å². The molecule has 0 bridgehead atoms. The van der Waals surface area contributed by atoms with Gasteiger partial charge in [-0.25, -0.2) is 0 Å². The number of ether oxygens (including phenoxy) is 4. The van der Waals surface area contributed by atoms with Crippen molar-refractivity contribution in [2.24, 2.45) is 11.8 Å². The molecule has 1 fully saturated rings. The first-order valence-corrected chi connectivity index (χ1v) is 6.32. The van der Waals surface area contributed by atoms with Crippen LogP contribution in [0.1, 0.15) is 5.56 Å². The summed E-state index contributed by atoms with van der Waals surface area (Å²) in [6, 6.07) is 5.58. The Balaban J connectivity index is 1.77. The zero-order valence-electron chi connectivity index (χ0n) is 11.0. The Labute approximate surface area is 115 Å². The predicted molar refractivity (Wildman–Crippen MR) is 66.2 cm³/mol. The van der Waals surface area contributed by atoms with Gasteiger partial charge >= 0.3 is 11.9 Å². The Morgan fingerprint density at radius 1 is 1.30 bits per heavy atom. The van der Waals surface area contributed by atoms with E-state index in [2.05, 4.69) is 4.74 Å². The molecule has 0 amide bonds. The van der Waals surface area contributed by atoms with Crippen LogP contribution in [0.15, 0.2) is 18.2 Å². The van der Waals surface area contributed by atoms with Crippen LogP contribution in [-0.4, -0.2) is 32.4 Å². The molecule has 0 aromatic heterocycles. The van der Waals surface area contributed by atoms with Crippen LogP contribution < -0.4 is 9.47 Å². The molecule has 3 rings (SSSR count). The summed E-state index contributed by atoms with van der Waals surface area (Å²) in [7, 11) is 1.27. The van der Waals surface area contributed by atoms with E-state index in [-0.39, 0.29) is 19.3 Å². The molecule has 20 heavy (non-hydrogen) atoms. The molecule has 1 aromatic rings. The second-order valence-corrected chi connectivity index (χ2v) is 4.78. The number of carbonyl (C=O) groups excluding carboxylic acids is 2. The van der Waals surface area contributed by atoms with Crippen LogP contribution in [0.5, 0.6) is 11.5 Å². The predicted octanol–water partition coefficient (Wildman–Crippen LogP) is 0.920. The normalized spacial score (nSPS) is 23.6. The molecule has 2 aliphatic rings. The van der Waals surface area contributed by atoms with Crippen LogP contribution in [-0.2, 0) is 25.5 Å². The van der Waals surface area contributed by atoms with Crippen LogP contribution in [0.25, 0.3) is 0 Å². The van der Waals surface area contributed by atoms with Gasteiger partial charge < -0.3 is 18.9 Å². The van der Waals surface area contributed by atoms with Crippen LogP contribution in [0.4, 0.5) is 0 Å². The van der Waals surface area contributed by atoms with E-state index in [0.717, 1.165) is 5.56 Å². The Morgan fingerprint density at radius 3 is 2.90 bits per heavy atom. The number of hydrogen-bond donors (Lipinski definition) is 0. The molecule has 2 aliphatic heterocycles. The van der Waals surface area contributed by atoms with Crippen LogP contribution in [0, 0.1) is 11.8 Å². The Hall–Kier alpha value is -2.24. The third-order valence-corrected chi connectivity index (χ3v) is 3.55. The fraction of sp³-hybridized carbons (Fsp3) is 0.429. The molecule has 1 saturated heterocycles. The summed E-state index contributed by atoms with van der Waals surface area (Å²) >= 11 is 0. The van der Waals surface area contributed by atoms with Gasteiger partial charge in [-0.2, -0.15) is 0 Å². The van der Waals surface area contributed by atoms with Gasteiger partial charge in [0.25, 0.3) is 0 Å². The molecule has 0 N–H and O–H groups in total. The maximum atomic E-state index is 11.6. The molecule has 6 heteroatoms. The number of carbonyl (C=O) groups is 2. The molecule has 2 atom stereocenters. The van der Waals surface area contributed by atoms with Gasteiger partial charge in [0.15, 0.2) is 17.4 Å². The number of fused-ring (bicyclic) bond motifs is 1. The van der Waals surface area contributed by atoms with E-state index in [0.29, 0.717) is 17.9 Å². The van der Waals surface area contributed by atoms with Crippen molar-refractivity contribution in [1.82, 2.24) is 0 Å². The topological polar surface area (TPSA) is 71.1 Å². The highest BCUT2D eigenvalue weighted by Gasteiger charge is 2.43. The van der Waals surface area contributed by atoms with Crippen molar-refractivity contribution in [3.63, 3.8) is 0 Å². The van der Waals surface area contributed by atoms with E-state index in [1.165, 1.54) is 7.11 Å². The fourth-order valence-electron chi connectivity index (χ4n) is 2.53. The molecule has 1 aromatic carbocycles. The van der Waals surface area contributed by atoms with Crippen LogP contribution >= 0.6 is 0 Å². The number of benzene rings is 1. The van der Waals surface area contributed by atoms with E-state index in [1.807, 2.05) is 18.2 Å². The second kappa shape index (κ2) is 5.03. The summed E-state index contributed by atoms with van der Waals surface area (Å²) in [6.07, 6.45) is 0.544. The molecule has 2 unspecified atom stereocenters. The summed E-state index contributed by atoms with van der Waals surface area (Å²) in [4.78, 5) is 23.2. The number of hydrogen-bond acceptors (Lipinski definition) is 6. The molecular formula is C14H14O6. The number of rotatable bonds is 3. The van der Waals surface area contributed by atoms with Crippen molar-refractivity contribution in [3.8, 4) is 11.5 Å². The lowest BCUT2D eigenvalue weighted by molar-refractivity contribution is -0.154. The van der Waals surface area contributed by atoms with Gasteiger partial charge in [-0.15, -0.1) is 0 Å². The zero-order valence-corrected chi connectivity index (χ0v) is 11.0. The highest BCUT2D eigenvalue weighted by Crippen LogP contribution is 2.34. The Morgan fingerprint density at radius 2 is 2.10 bits per heavy atom. The summed E-state index contributed by atoms with van der Waals surface area (Å²) in [5.41, 5.74) is 0.964. The average molecular weight is 278 g/mol. The van der Waals surface area contributed by atoms with Gasteiger partial charge in [0.1, 0.15) is 0 Å².